The molecule has 3 aromatic carbocycles. The summed E-state index contributed by atoms with van der Waals surface area (Å²) >= 11 is 3.50. The number of aromatic nitrogens is 2. The highest BCUT2D eigenvalue weighted by Gasteiger charge is 2.42. The van der Waals surface area contributed by atoms with Crippen LogP contribution in [0, 0.1) is 6.92 Å². The molecule has 0 amide bonds. The Kier molecular flexibility index (Phi) is 5.07. The number of nitrogens with one attached hydrogen (secondary N) is 1. The van der Waals surface area contributed by atoms with Crippen molar-refractivity contribution in [1.82, 2.24) is 9.78 Å². The van der Waals surface area contributed by atoms with E-state index in [4.69, 9.17) is 19.5 Å². The molecule has 8 heteroatoms. The van der Waals surface area contributed by atoms with Crippen LogP contribution in [-0.2, 0) is 0 Å². The van der Waals surface area contributed by atoms with Crippen LogP contribution in [0.4, 0.5) is 22.9 Å². The fourth-order valence-corrected chi connectivity index (χ4v) is 5.27. The zero-order valence-corrected chi connectivity index (χ0v) is 21.4. The topological polar surface area (TPSA) is 71.0 Å². The Labute approximate surface area is 221 Å². The summed E-state index contributed by atoms with van der Waals surface area (Å²) in [5.74, 6) is 2.90. The first-order valence-corrected chi connectivity index (χ1v) is 12.7. The molecular formula is C29H21BrN6O. The van der Waals surface area contributed by atoms with Crippen molar-refractivity contribution < 1.29 is 4.42 Å². The van der Waals surface area contributed by atoms with E-state index in [0.29, 0.717) is 16.3 Å². The number of para-hydroxylation sites is 4. The number of amidine groups is 2. The van der Waals surface area contributed by atoms with E-state index < -0.39 is 0 Å². The first-order chi connectivity index (χ1) is 18.2. The lowest BCUT2D eigenvalue weighted by molar-refractivity contribution is 0.468. The number of fused-ring (bicyclic) bond motifs is 4. The van der Waals surface area contributed by atoms with Crippen LogP contribution in [0.25, 0.3) is 5.69 Å². The standard InChI is InChI=1S/C29H21BrN6O/c1-18-25-26(23-16-17-24(30)37-23)35-22-15-9-8-14-21(22)32-27(31-19-10-4-2-5-11-19)29(35)33-28(25)36(34-18)20-12-6-3-7-13-20/h2-17,26H,1H3,(H,31,32)/t26-/m1/s1. The molecule has 0 saturated carbocycles. The summed E-state index contributed by atoms with van der Waals surface area (Å²) in [4.78, 5) is 12.4. The van der Waals surface area contributed by atoms with Crippen LogP contribution in [0.3, 0.4) is 0 Å². The number of aryl methyl sites for hydroxylation is 1. The quantitative estimate of drug-likeness (QED) is 0.256. The fourth-order valence-electron chi connectivity index (χ4n) is 4.95. The Hall–Kier alpha value is -4.43. The molecule has 7 rings (SSSR count). The average molecular weight is 549 g/mol. The van der Waals surface area contributed by atoms with E-state index in [1.54, 1.807) is 0 Å². The van der Waals surface area contributed by atoms with Crippen LogP contribution in [0.5, 0.6) is 0 Å². The van der Waals surface area contributed by atoms with Gasteiger partial charge in [0, 0.05) is 5.69 Å². The van der Waals surface area contributed by atoms with Crippen molar-refractivity contribution in [3.63, 3.8) is 0 Å². The first kappa shape index (κ1) is 21.8. The maximum atomic E-state index is 6.19. The number of hydrogen-bond donors (Lipinski definition) is 1. The Morgan fingerprint density at radius 1 is 0.838 bits per heavy atom. The maximum Gasteiger partial charge on any atom is 0.179 e. The number of nitrogens with zero attached hydrogens (tertiary/aromatic N) is 5. The third-order valence-electron chi connectivity index (χ3n) is 6.54. The number of benzene rings is 3. The minimum absolute atomic E-state index is 0.296. The van der Waals surface area contributed by atoms with E-state index >= 15 is 0 Å². The van der Waals surface area contributed by atoms with E-state index in [9.17, 15) is 0 Å². The molecule has 37 heavy (non-hydrogen) atoms. The van der Waals surface area contributed by atoms with Crippen molar-refractivity contribution in [2.24, 2.45) is 9.98 Å². The predicted molar refractivity (Wildman–Crippen MR) is 150 cm³/mol. The van der Waals surface area contributed by atoms with Crippen LogP contribution in [0.15, 0.2) is 116 Å². The average Bonchev–Trinajstić information content (AvgIpc) is 3.51. The molecule has 5 aromatic rings. The summed E-state index contributed by atoms with van der Waals surface area (Å²) in [7, 11) is 0. The molecule has 2 aliphatic rings. The van der Waals surface area contributed by atoms with Gasteiger partial charge in [0.1, 0.15) is 11.8 Å². The van der Waals surface area contributed by atoms with Gasteiger partial charge in [-0.25, -0.2) is 14.7 Å². The van der Waals surface area contributed by atoms with Gasteiger partial charge in [-0.05, 0) is 71.4 Å². The van der Waals surface area contributed by atoms with E-state index in [1.165, 1.54) is 0 Å². The Balaban J connectivity index is 1.51. The molecule has 1 atom stereocenters. The number of hydrogen-bond acceptors (Lipinski definition) is 6. The van der Waals surface area contributed by atoms with Crippen LogP contribution < -0.4 is 10.2 Å². The number of halogens is 1. The number of rotatable bonds is 3. The van der Waals surface area contributed by atoms with Crippen LogP contribution >= 0.6 is 15.9 Å². The SMILES string of the molecule is Cc1nn(-c2ccccc2)c2c1[C@@H](c1ccc(Br)o1)N1C(=N2)C(Nc2ccccc2)=Nc2ccccc21. The van der Waals surface area contributed by atoms with Gasteiger partial charge in [-0.2, -0.15) is 5.10 Å². The molecule has 1 N–H and O–H groups in total. The minimum Gasteiger partial charge on any atom is -0.452 e. The summed E-state index contributed by atoms with van der Waals surface area (Å²) in [6, 6.07) is 31.8. The van der Waals surface area contributed by atoms with Gasteiger partial charge in [0.2, 0.25) is 0 Å². The number of anilines is 2. The van der Waals surface area contributed by atoms with Crippen LogP contribution in [0.1, 0.15) is 23.1 Å². The Morgan fingerprint density at radius 2 is 1.57 bits per heavy atom. The lowest BCUT2D eigenvalue weighted by Gasteiger charge is -2.39. The summed E-state index contributed by atoms with van der Waals surface area (Å²) in [6.45, 7) is 2.02. The van der Waals surface area contributed by atoms with E-state index in [0.717, 1.165) is 45.6 Å². The van der Waals surface area contributed by atoms with Crippen molar-refractivity contribution in [3.05, 3.63) is 119 Å². The van der Waals surface area contributed by atoms with Gasteiger partial charge >= 0.3 is 0 Å². The van der Waals surface area contributed by atoms with Crippen LogP contribution in [0.2, 0.25) is 0 Å². The molecule has 180 valence electrons. The summed E-state index contributed by atoms with van der Waals surface area (Å²) in [5.41, 5.74) is 5.55. The van der Waals surface area contributed by atoms with Gasteiger partial charge in [-0.3, -0.25) is 0 Å². The third kappa shape index (κ3) is 3.60. The molecular weight excluding hydrogens is 528 g/mol. The van der Waals surface area contributed by atoms with Crippen molar-refractivity contribution in [1.29, 1.82) is 0 Å². The smallest absolute Gasteiger partial charge is 0.179 e. The van der Waals surface area contributed by atoms with E-state index in [1.807, 2.05) is 103 Å². The number of furan rings is 1. The molecule has 0 bridgehead atoms. The molecule has 0 saturated heterocycles. The van der Waals surface area contributed by atoms with Crippen molar-refractivity contribution >= 4 is 50.5 Å². The molecule has 0 radical (unpaired) electrons. The first-order valence-electron chi connectivity index (χ1n) is 12.0. The summed E-state index contributed by atoms with van der Waals surface area (Å²) in [6.07, 6.45) is 0. The molecule has 4 heterocycles. The van der Waals surface area contributed by atoms with E-state index in [2.05, 4.69) is 32.2 Å². The Morgan fingerprint density at radius 3 is 2.32 bits per heavy atom. The Bertz CT molecular complexity index is 1690. The molecule has 2 aliphatic heterocycles. The second-order valence-electron chi connectivity index (χ2n) is 8.86. The summed E-state index contributed by atoms with van der Waals surface area (Å²) in [5, 5.41) is 8.44. The van der Waals surface area contributed by atoms with Crippen molar-refractivity contribution in [2.75, 3.05) is 10.2 Å². The van der Waals surface area contributed by atoms with E-state index in [-0.39, 0.29) is 6.04 Å². The largest absolute Gasteiger partial charge is 0.452 e. The molecule has 2 aromatic heterocycles. The lowest BCUT2D eigenvalue weighted by atomic mass is 9.98. The van der Waals surface area contributed by atoms with Gasteiger partial charge in [0.05, 0.1) is 28.3 Å². The van der Waals surface area contributed by atoms with Crippen LogP contribution in [-0.4, -0.2) is 21.5 Å². The third-order valence-corrected chi connectivity index (χ3v) is 6.97. The minimum atomic E-state index is -0.296. The van der Waals surface area contributed by atoms with Gasteiger partial charge in [-0.15, -0.1) is 0 Å². The monoisotopic (exact) mass is 548 g/mol. The highest BCUT2D eigenvalue weighted by molar-refractivity contribution is 9.10. The van der Waals surface area contributed by atoms with Gasteiger partial charge in [0.15, 0.2) is 22.2 Å². The van der Waals surface area contributed by atoms with Gasteiger partial charge < -0.3 is 14.6 Å². The van der Waals surface area contributed by atoms with Crippen molar-refractivity contribution in [3.8, 4) is 5.69 Å². The normalized spacial score (nSPS) is 15.8. The van der Waals surface area contributed by atoms with Gasteiger partial charge in [0.25, 0.3) is 0 Å². The second-order valence-corrected chi connectivity index (χ2v) is 9.64. The second kappa shape index (κ2) is 8.60. The lowest BCUT2D eigenvalue weighted by Crippen LogP contribution is -2.46. The van der Waals surface area contributed by atoms with Gasteiger partial charge in [-0.1, -0.05) is 48.5 Å². The molecule has 7 nitrogen and oxygen atoms in total. The molecule has 0 spiro atoms. The molecule has 0 unspecified atom stereocenters. The fraction of sp³-hybridized carbons (Fsp3) is 0.0690. The zero-order valence-electron chi connectivity index (χ0n) is 19.8. The highest BCUT2D eigenvalue weighted by atomic mass is 79.9. The molecule has 0 aliphatic carbocycles. The molecule has 0 fully saturated rings. The number of aliphatic imine (C=N–C) groups is 2. The predicted octanol–water partition coefficient (Wildman–Crippen LogP) is 7.33. The summed E-state index contributed by atoms with van der Waals surface area (Å²) < 4.78 is 8.76. The van der Waals surface area contributed by atoms with Crippen molar-refractivity contribution in [2.45, 2.75) is 13.0 Å². The highest BCUT2D eigenvalue weighted by Crippen LogP contribution is 2.48. The maximum absolute atomic E-state index is 6.19. The zero-order chi connectivity index (χ0) is 24.9.